The second-order valence-corrected chi connectivity index (χ2v) is 9.49. The molecule has 0 saturated carbocycles. The Kier molecular flexibility index (Phi) is 16.1. The average molecular weight is 457 g/mol. The van der Waals surface area contributed by atoms with Gasteiger partial charge in [-0.15, -0.1) is 0 Å². The maximum atomic E-state index is 11.0. The molecule has 0 heterocycles. The number of ether oxygens (including phenoxy) is 1. The molecular formula is C30H48O3. The Bertz CT molecular complexity index is 777. The van der Waals surface area contributed by atoms with Gasteiger partial charge in [-0.05, 0) is 54.6 Å². The quantitative estimate of drug-likeness (QED) is 0.338. The molecule has 2 aromatic carbocycles. The molecule has 0 aliphatic carbocycles. The lowest BCUT2D eigenvalue weighted by Gasteiger charge is -2.25. The van der Waals surface area contributed by atoms with E-state index < -0.39 is 0 Å². The molecule has 0 aliphatic heterocycles. The predicted molar refractivity (Wildman–Crippen MR) is 143 cm³/mol. The fraction of sp³-hybridized carbons (Fsp3) is 0.533. The van der Waals surface area contributed by atoms with Crippen LogP contribution in [-0.2, 0) is 25.2 Å². The summed E-state index contributed by atoms with van der Waals surface area (Å²) in [5.41, 5.74) is 2.97. The number of carbonyl (C=O) groups excluding carboxylic acids is 2. The van der Waals surface area contributed by atoms with E-state index in [-0.39, 0.29) is 31.7 Å². The lowest BCUT2D eigenvalue weighted by molar-refractivity contribution is -0.140. The van der Waals surface area contributed by atoms with E-state index in [9.17, 15) is 9.59 Å². The van der Waals surface area contributed by atoms with Gasteiger partial charge in [0.2, 0.25) is 0 Å². The Balaban J connectivity index is 0. The number of rotatable bonds is 10. The second kappa shape index (κ2) is 16.2. The number of esters is 1. The highest BCUT2D eigenvalue weighted by atomic mass is 16.5. The molecule has 33 heavy (non-hydrogen) atoms. The summed E-state index contributed by atoms with van der Waals surface area (Å²) in [5, 5.41) is 0. The van der Waals surface area contributed by atoms with Crippen molar-refractivity contribution in [2.75, 3.05) is 7.11 Å². The van der Waals surface area contributed by atoms with Crippen molar-refractivity contribution in [1.82, 2.24) is 0 Å². The highest BCUT2D eigenvalue weighted by molar-refractivity contribution is 5.75. The molecule has 0 N–H and O–H groups in total. The number of hydrogen-bond acceptors (Lipinski definition) is 3. The summed E-state index contributed by atoms with van der Waals surface area (Å²) >= 11 is 0. The molecule has 0 amide bonds. The van der Waals surface area contributed by atoms with E-state index in [1.54, 1.807) is 6.92 Å². The summed E-state index contributed by atoms with van der Waals surface area (Å²) in [6.07, 6.45) is 5.12. The molecule has 2 aromatic rings. The minimum absolute atomic E-state index is 0. The van der Waals surface area contributed by atoms with Crippen LogP contribution in [0, 0.1) is 0 Å². The van der Waals surface area contributed by atoms with Gasteiger partial charge in [-0.2, -0.15) is 0 Å². The van der Waals surface area contributed by atoms with Gasteiger partial charge >= 0.3 is 5.97 Å². The maximum absolute atomic E-state index is 11.0. The fourth-order valence-electron chi connectivity index (χ4n) is 3.62. The normalized spacial score (nSPS) is 10.6. The molecule has 0 unspecified atom stereocenters. The lowest BCUT2D eigenvalue weighted by Crippen LogP contribution is -2.17. The average Bonchev–Trinajstić information content (AvgIpc) is 2.75. The number of benzene rings is 2. The number of hydrogen-bond donors (Lipinski definition) is 0. The molecule has 0 atom stereocenters. The molecule has 3 nitrogen and oxygen atoms in total. The van der Waals surface area contributed by atoms with Crippen molar-refractivity contribution in [1.29, 1.82) is 0 Å². The SMILES string of the molecule is C.C.CC(=O)CCCC(C)(C)c1ccccc1.COC(=O)CCCC(C)(C)c1ccccc1. The first kappa shape index (κ1) is 32.8. The molecule has 0 bridgehead atoms. The molecule has 0 aromatic heterocycles. The van der Waals surface area contributed by atoms with Crippen molar-refractivity contribution in [3.63, 3.8) is 0 Å². The lowest BCUT2D eigenvalue weighted by atomic mass is 9.80. The number of Topliss-reactive ketones (excluding diaryl/α,β-unsaturated/α-hetero) is 1. The first-order valence-corrected chi connectivity index (χ1v) is 11.3. The largest absolute Gasteiger partial charge is 0.469 e. The number of carbonyl (C=O) groups is 2. The van der Waals surface area contributed by atoms with Crippen LogP contribution in [0.5, 0.6) is 0 Å². The zero-order valence-electron chi connectivity index (χ0n) is 20.2. The van der Waals surface area contributed by atoms with Crippen molar-refractivity contribution < 1.29 is 14.3 Å². The van der Waals surface area contributed by atoms with Gasteiger partial charge in [0.15, 0.2) is 0 Å². The molecule has 2 rings (SSSR count). The van der Waals surface area contributed by atoms with E-state index in [2.05, 4.69) is 81.0 Å². The summed E-state index contributed by atoms with van der Waals surface area (Å²) in [6.45, 7) is 10.6. The number of methoxy groups -OCH3 is 1. The van der Waals surface area contributed by atoms with Crippen LogP contribution in [0.1, 0.15) is 99.1 Å². The molecule has 3 heteroatoms. The molecule has 0 saturated heterocycles. The van der Waals surface area contributed by atoms with E-state index >= 15 is 0 Å². The van der Waals surface area contributed by atoms with Crippen molar-refractivity contribution in [3.8, 4) is 0 Å². The van der Waals surface area contributed by atoms with Crippen molar-refractivity contribution in [3.05, 3.63) is 71.8 Å². The maximum Gasteiger partial charge on any atom is 0.305 e. The Labute approximate surface area is 204 Å². The van der Waals surface area contributed by atoms with Crippen LogP contribution in [-0.4, -0.2) is 18.9 Å². The molecule has 0 aliphatic rings. The van der Waals surface area contributed by atoms with Crippen molar-refractivity contribution in [2.45, 2.75) is 98.8 Å². The van der Waals surface area contributed by atoms with E-state index in [1.165, 1.54) is 18.2 Å². The Morgan fingerprint density at radius 2 is 1.06 bits per heavy atom. The van der Waals surface area contributed by atoms with Crippen LogP contribution in [0.25, 0.3) is 0 Å². The van der Waals surface area contributed by atoms with Gasteiger partial charge in [-0.3, -0.25) is 4.79 Å². The summed E-state index contributed by atoms with van der Waals surface area (Å²) in [4.78, 5) is 21.9. The minimum Gasteiger partial charge on any atom is -0.469 e. The highest BCUT2D eigenvalue weighted by Gasteiger charge is 2.20. The second-order valence-electron chi connectivity index (χ2n) is 9.49. The molecule has 0 spiro atoms. The fourth-order valence-corrected chi connectivity index (χ4v) is 3.62. The third kappa shape index (κ3) is 13.0. The Hall–Kier alpha value is -2.42. The summed E-state index contributed by atoms with van der Waals surface area (Å²) < 4.78 is 4.63. The third-order valence-corrected chi connectivity index (χ3v) is 5.85. The first-order valence-electron chi connectivity index (χ1n) is 11.3. The third-order valence-electron chi connectivity index (χ3n) is 5.85. The molecule has 0 radical (unpaired) electrons. The molecule has 186 valence electrons. The van der Waals surface area contributed by atoms with Gasteiger partial charge in [0.05, 0.1) is 7.11 Å². The zero-order valence-corrected chi connectivity index (χ0v) is 20.2. The van der Waals surface area contributed by atoms with Crippen LogP contribution in [0.15, 0.2) is 60.7 Å². The van der Waals surface area contributed by atoms with Crippen molar-refractivity contribution in [2.24, 2.45) is 0 Å². The van der Waals surface area contributed by atoms with E-state index in [0.29, 0.717) is 18.6 Å². The van der Waals surface area contributed by atoms with E-state index in [4.69, 9.17) is 0 Å². The van der Waals surface area contributed by atoms with Crippen molar-refractivity contribution >= 4 is 11.8 Å². The summed E-state index contributed by atoms with van der Waals surface area (Å²) in [6, 6.07) is 20.9. The van der Waals surface area contributed by atoms with E-state index in [1.807, 2.05) is 12.1 Å². The number of ketones is 1. The minimum atomic E-state index is -0.121. The smallest absolute Gasteiger partial charge is 0.305 e. The summed E-state index contributed by atoms with van der Waals surface area (Å²) in [5.74, 6) is 0.169. The highest BCUT2D eigenvalue weighted by Crippen LogP contribution is 2.29. The monoisotopic (exact) mass is 456 g/mol. The van der Waals surface area contributed by atoms with Gasteiger partial charge in [0, 0.05) is 12.8 Å². The molecular weight excluding hydrogens is 408 g/mol. The van der Waals surface area contributed by atoms with Crippen LogP contribution < -0.4 is 0 Å². The molecule has 0 fully saturated rings. The van der Waals surface area contributed by atoms with Gasteiger partial charge in [-0.25, -0.2) is 0 Å². The topological polar surface area (TPSA) is 43.4 Å². The first-order chi connectivity index (χ1) is 14.6. The van der Waals surface area contributed by atoms with Crippen LogP contribution >= 0.6 is 0 Å². The zero-order chi connectivity index (χ0) is 23.3. The van der Waals surface area contributed by atoms with Gasteiger partial charge in [-0.1, -0.05) is 103 Å². The van der Waals surface area contributed by atoms with Crippen LogP contribution in [0.4, 0.5) is 0 Å². The van der Waals surface area contributed by atoms with Gasteiger partial charge < -0.3 is 9.53 Å². The van der Waals surface area contributed by atoms with Gasteiger partial charge in [0.1, 0.15) is 5.78 Å². The standard InChI is InChI=1S/C14H20O2.C14H20O.2CH4/c1-14(2,11-7-10-13(15)16-3)12-8-5-4-6-9-12;1-12(15)8-7-11-14(2,3)13-9-5-4-6-10-13;;/h4-6,8-9H,7,10-11H2,1-3H3;4-6,9-10H,7-8,11H2,1-3H3;2*1H4. The van der Waals surface area contributed by atoms with E-state index in [0.717, 1.165) is 25.7 Å². The van der Waals surface area contributed by atoms with Crippen LogP contribution in [0.2, 0.25) is 0 Å². The Morgan fingerprint density at radius 3 is 1.39 bits per heavy atom. The van der Waals surface area contributed by atoms with Crippen LogP contribution in [0.3, 0.4) is 0 Å². The predicted octanol–water partition coefficient (Wildman–Crippen LogP) is 8.30. The summed E-state index contributed by atoms with van der Waals surface area (Å²) in [7, 11) is 1.44. The Morgan fingerprint density at radius 1 is 0.697 bits per heavy atom. The van der Waals surface area contributed by atoms with Gasteiger partial charge in [0.25, 0.3) is 0 Å².